The number of thiophene rings is 1. The zero-order valence-corrected chi connectivity index (χ0v) is 12.1. The van der Waals surface area contributed by atoms with Gasteiger partial charge in [-0.2, -0.15) is 10.1 Å². The summed E-state index contributed by atoms with van der Waals surface area (Å²) < 4.78 is 0. The monoisotopic (exact) mass is 298 g/mol. The van der Waals surface area contributed by atoms with Gasteiger partial charge in [-0.3, -0.25) is 9.59 Å². The molecule has 5 aliphatic rings. The second-order valence-electron chi connectivity index (χ2n) is 6.40. The van der Waals surface area contributed by atoms with Crippen molar-refractivity contribution in [1.29, 1.82) is 0 Å². The number of carbonyl (C=O) groups is 2. The summed E-state index contributed by atoms with van der Waals surface area (Å²) in [5, 5.41) is 7.26. The van der Waals surface area contributed by atoms with Crippen LogP contribution < -0.4 is 0 Å². The fourth-order valence-corrected chi connectivity index (χ4v) is 5.11. The van der Waals surface area contributed by atoms with Gasteiger partial charge in [-0.15, -0.1) is 11.3 Å². The van der Waals surface area contributed by atoms with Gasteiger partial charge in [-0.1, -0.05) is 18.2 Å². The van der Waals surface area contributed by atoms with Crippen molar-refractivity contribution in [1.82, 2.24) is 5.01 Å². The van der Waals surface area contributed by atoms with Crippen molar-refractivity contribution in [3.8, 4) is 0 Å². The maximum Gasteiger partial charge on any atom is 0.254 e. The molecule has 4 nitrogen and oxygen atoms in total. The lowest BCUT2D eigenvalue weighted by Gasteiger charge is -2.37. The second kappa shape index (κ2) is 3.91. The molecule has 6 atom stereocenters. The number of nitrogens with zero attached hydrogens (tertiary/aromatic N) is 2. The molecule has 3 fully saturated rings. The minimum atomic E-state index is -0.156. The molecular formula is C16H14N2O2S. The molecule has 0 N–H and O–H groups in total. The third-order valence-corrected chi connectivity index (χ3v) is 6.29. The number of rotatable bonds is 2. The van der Waals surface area contributed by atoms with E-state index in [4.69, 9.17) is 0 Å². The third-order valence-electron chi connectivity index (χ3n) is 5.48. The maximum absolute atomic E-state index is 12.6. The highest BCUT2D eigenvalue weighted by Crippen LogP contribution is 2.65. The van der Waals surface area contributed by atoms with Crippen LogP contribution in [0.25, 0.3) is 0 Å². The van der Waals surface area contributed by atoms with Crippen LogP contribution in [-0.2, 0) is 9.59 Å². The highest BCUT2D eigenvalue weighted by Gasteiger charge is 2.67. The molecule has 106 valence electrons. The summed E-state index contributed by atoms with van der Waals surface area (Å²) >= 11 is 1.54. The Morgan fingerprint density at radius 3 is 2.38 bits per heavy atom. The van der Waals surface area contributed by atoms with Crippen LogP contribution in [0.4, 0.5) is 0 Å². The molecule has 0 aromatic carbocycles. The van der Waals surface area contributed by atoms with E-state index in [-0.39, 0.29) is 35.5 Å². The van der Waals surface area contributed by atoms with Crippen LogP contribution in [0.3, 0.4) is 0 Å². The average Bonchev–Trinajstić information content (AvgIpc) is 3.10. The quantitative estimate of drug-likeness (QED) is 0.477. The lowest BCUT2D eigenvalue weighted by molar-refractivity contribution is -0.140. The lowest BCUT2D eigenvalue weighted by atomic mass is 9.63. The van der Waals surface area contributed by atoms with Crippen LogP contribution in [0.1, 0.15) is 11.3 Å². The Labute approximate surface area is 126 Å². The molecule has 2 amide bonds. The molecule has 0 radical (unpaired) electrons. The largest absolute Gasteiger partial charge is 0.272 e. The summed E-state index contributed by atoms with van der Waals surface area (Å²) in [4.78, 5) is 26.2. The SMILES string of the molecule is O=C1[C@@H]2[C@@H]3C=C[C@H]([C@H]4C[C@@H]34)[C@@H]2C(=O)N1/N=C\c1cccs1. The standard InChI is InChI=1S/C16H14N2O2S/c19-15-13-9-3-4-10(12-6-11(9)12)14(13)16(20)18(15)17-7-8-2-1-5-21-8/h1-5,7,9-14H,6H2/b17-7-/t9-,10-,11-,12+,13+,14-/m1/s1. The first-order valence-corrected chi connectivity index (χ1v) is 8.27. The molecule has 1 aromatic heterocycles. The Morgan fingerprint density at radius 1 is 1.14 bits per heavy atom. The van der Waals surface area contributed by atoms with E-state index in [2.05, 4.69) is 17.3 Å². The van der Waals surface area contributed by atoms with E-state index in [1.54, 1.807) is 17.6 Å². The highest BCUT2D eigenvalue weighted by atomic mass is 32.1. The Hall–Kier alpha value is -1.75. The summed E-state index contributed by atoms with van der Waals surface area (Å²) in [5.74, 6) is 1.31. The summed E-state index contributed by atoms with van der Waals surface area (Å²) in [6, 6.07) is 3.85. The zero-order chi connectivity index (χ0) is 14.1. The minimum absolute atomic E-state index is 0.0949. The van der Waals surface area contributed by atoms with Crippen molar-refractivity contribution in [3.63, 3.8) is 0 Å². The molecule has 1 aliphatic heterocycles. The van der Waals surface area contributed by atoms with Gasteiger partial charge >= 0.3 is 0 Å². The summed E-state index contributed by atoms with van der Waals surface area (Å²) in [7, 11) is 0. The first kappa shape index (κ1) is 11.9. The number of hydrogen-bond donors (Lipinski definition) is 0. The molecule has 2 saturated carbocycles. The number of hydrazone groups is 1. The molecule has 1 aromatic rings. The van der Waals surface area contributed by atoms with Crippen molar-refractivity contribution in [2.75, 3.05) is 0 Å². The van der Waals surface area contributed by atoms with Crippen LogP contribution in [0.5, 0.6) is 0 Å². The third kappa shape index (κ3) is 1.47. The van der Waals surface area contributed by atoms with Crippen LogP contribution in [-0.4, -0.2) is 23.0 Å². The van der Waals surface area contributed by atoms with Crippen molar-refractivity contribution < 1.29 is 9.59 Å². The smallest absolute Gasteiger partial charge is 0.254 e. The topological polar surface area (TPSA) is 49.7 Å². The fraction of sp³-hybridized carbons (Fsp3) is 0.438. The number of amides is 2. The van der Waals surface area contributed by atoms with Gasteiger partial charge in [0.1, 0.15) is 0 Å². The molecular weight excluding hydrogens is 284 g/mol. The van der Waals surface area contributed by atoms with Crippen molar-refractivity contribution in [3.05, 3.63) is 34.5 Å². The molecule has 0 unspecified atom stereocenters. The van der Waals surface area contributed by atoms with E-state index in [1.807, 2.05) is 17.5 Å². The first-order valence-electron chi connectivity index (χ1n) is 7.39. The summed E-state index contributed by atoms with van der Waals surface area (Å²) in [5.41, 5.74) is 0. The molecule has 2 heterocycles. The number of carbonyl (C=O) groups excluding carboxylic acids is 2. The Kier molecular flexibility index (Phi) is 2.21. The van der Waals surface area contributed by atoms with E-state index in [1.165, 1.54) is 6.42 Å². The van der Waals surface area contributed by atoms with Crippen LogP contribution in [0, 0.1) is 35.5 Å². The van der Waals surface area contributed by atoms with Gasteiger partial charge in [0.15, 0.2) is 0 Å². The van der Waals surface area contributed by atoms with Gasteiger partial charge in [0.2, 0.25) is 0 Å². The van der Waals surface area contributed by atoms with E-state index in [0.717, 1.165) is 9.89 Å². The number of allylic oxidation sites excluding steroid dienone is 2. The molecule has 21 heavy (non-hydrogen) atoms. The van der Waals surface area contributed by atoms with Gasteiger partial charge in [0.05, 0.1) is 18.1 Å². The fourth-order valence-electron chi connectivity index (χ4n) is 4.53. The van der Waals surface area contributed by atoms with Crippen LogP contribution >= 0.6 is 11.3 Å². The van der Waals surface area contributed by atoms with E-state index in [0.29, 0.717) is 11.8 Å². The van der Waals surface area contributed by atoms with Gasteiger partial charge in [0, 0.05) is 4.88 Å². The molecule has 2 bridgehead atoms. The predicted molar refractivity (Wildman–Crippen MR) is 78.5 cm³/mol. The van der Waals surface area contributed by atoms with Gasteiger partial charge in [0.25, 0.3) is 11.8 Å². The van der Waals surface area contributed by atoms with Gasteiger partial charge < -0.3 is 0 Å². The Balaban J connectivity index is 1.48. The number of imide groups is 1. The van der Waals surface area contributed by atoms with Crippen LogP contribution in [0.15, 0.2) is 34.8 Å². The maximum atomic E-state index is 12.6. The van der Waals surface area contributed by atoms with E-state index in [9.17, 15) is 9.59 Å². The average molecular weight is 298 g/mol. The lowest BCUT2D eigenvalue weighted by Crippen LogP contribution is -2.40. The molecule has 1 saturated heterocycles. The first-order chi connectivity index (χ1) is 10.3. The normalized spacial score (nSPS) is 42.8. The van der Waals surface area contributed by atoms with Crippen molar-refractivity contribution >= 4 is 29.4 Å². The van der Waals surface area contributed by atoms with Crippen molar-refractivity contribution in [2.45, 2.75) is 6.42 Å². The summed E-state index contributed by atoms with van der Waals surface area (Å²) in [6.45, 7) is 0. The number of hydrogen-bond acceptors (Lipinski definition) is 4. The molecule has 4 aliphatic carbocycles. The van der Waals surface area contributed by atoms with E-state index < -0.39 is 0 Å². The summed E-state index contributed by atoms with van der Waals surface area (Å²) in [6.07, 6.45) is 7.16. The van der Waals surface area contributed by atoms with Gasteiger partial charge in [-0.05, 0) is 41.5 Å². The van der Waals surface area contributed by atoms with Crippen LogP contribution in [0.2, 0.25) is 0 Å². The van der Waals surface area contributed by atoms with Crippen molar-refractivity contribution in [2.24, 2.45) is 40.6 Å². The molecule has 0 spiro atoms. The molecule has 5 heteroatoms. The highest BCUT2D eigenvalue weighted by molar-refractivity contribution is 7.11. The zero-order valence-electron chi connectivity index (χ0n) is 11.3. The second-order valence-corrected chi connectivity index (χ2v) is 7.38. The van der Waals surface area contributed by atoms with Gasteiger partial charge in [-0.25, -0.2) is 0 Å². The molecule has 6 rings (SSSR count). The predicted octanol–water partition coefficient (Wildman–Crippen LogP) is 2.14. The minimum Gasteiger partial charge on any atom is -0.272 e. The Bertz CT molecular complexity index is 657. The Morgan fingerprint density at radius 2 is 1.81 bits per heavy atom. The van der Waals surface area contributed by atoms with E-state index >= 15 is 0 Å².